The molecule has 1 aromatic rings. The number of hydrogen-bond acceptors (Lipinski definition) is 2. The topological polar surface area (TPSA) is 26.3 Å². The monoisotopic (exact) mass is 202 g/mol. The Morgan fingerprint density at radius 2 is 2.31 bits per heavy atom. The van der Waals surface area contributed by atoms with Crippen molar-refractivity contribution < 1.29 is 13.9 Å². The molecule has 4 heteroatoms. The minimum absolute atomic E-state index is 0.115. The number of hydrogen-bond donors (Lipinski definition) is 0. The van der Waals surface area contributed by atoms with Crippen LogP contribution >= 0.6 is 11.6 Å². The minimum Gasteiger partial charge on any atom is -0.492 e. The first kappa shape index (κ1) is 9.99. The average molecular weight is 203 g/mol. The number of aldehydes is 1. The lowest BCUT2D eigenvalue weighted by Gasteiger charge is -2.07. The third-order valence-corrected chi connectivity index (χ3v) is 1.73. The maximum Gasteiger partial charge on any atom is 0.153 e. The lowest BCUT2D eigenvalue weighted by Crippen LogP contribution is -1.97. The van der Waals surface area contributed by atoms with E-state index in [4.69, 9.17) is 16.3 Å². The third-order valence-electron chi connectivity index (χ3n) is 1.45. The number of carbonyl (C=O) groups is 1. The Bertz CT molecular complexity index is 326. The maximum absolute atomic E-state index is 12.7. The van der Waals surface area contributed by atoms with Crippen LogP contribution in [0, 0.1) is 5.82 Å². The molecular weight excluding hydrogens is 195 g/mol. The van der Waals surface area contributed by atoms with Crippen molar-refractivity contribution in [3.63, 3.8) is 0 Å². The van der Waals surface area contributed by atoms with E-state index < -0.39 is 5.82 Å². The smallest absolute Gasteiger partial charge is 0.153 e. The predicted molar refractivity (Wildman–Crippen MR) is 48.0 cm³/mol. The molecule has 0 fully saturated rings. The molecule has 0 spiro atoms. The first-order valence-electron chi connectivity index (χ1n) is 3.76. The van der Waals surface area contributed by atoms with E-state index in [1.54, 1.807) is 6.92 Å². The highest BCUT2D eigenvalue weighted by molar-refractivity contribution is 6.32. The van der Waals surface area contributed by atoms with Gasteiger partial charge in [0.05, 0.1) is 17.2 Å². The van der Waals surface area contributed by atoms with E-state index in [1.165, 1.54) is 0 Å². The maximum atomic E-state index is 12.7. The fraction of sp³-hybridized carbons (Fsp3) is 0.222. The van der Waals surface area contributed by atoms with Crippen molar-refractivity contribution in [2.75, 3.05) is 6.61 Å². The number of ether oxygens (including phenoxy) is 1. The van der Waals surface area contributed by atoms with Crippen molar-refractivity contribution in [2.24, 2.45) is 0 Å². The lowest BCUT2D eigenvalue weighted by molar-refractivity contribution is 0.111. The van der Waals surface area contributed by atoms with Gasteiger partial charge >= 0.3 is 0 Å². The second-order valence-corrected chi connectivity index (χ2v) is 2.76. The van der Waals surface area contributed by atoms with Crippen molar-refractivity contribution in [3.05, 3.63) is 28.5 Å². The zero-order chi connectivity index (χ0) is 9.84. The highest BCUT2D eigenvalue weighted by Crippen LogP contribution is 2.28. The first-order chi connectivity index (χ1) is 6.19. The minimum atomic E-state index is -0.546. The van der Waals surface area contributed by atoms with Gasteiger partial charge in [0, 0.05) is 0 Å². The molecule has 0 aliphatic carbocycles. The van der Waals surface area contributed by atoms with Crippen LogP contribution in [0.1, 0.15) is 17.3 Å². The van der Waals surface area contributed by atoms with Gasteiger partial charge in [0.25, 0.3) is 0 Å². The molecule has 0 amide bonds. The predicted octanol–water partition coefficient (Wildman–Crippen LogP) is 2.69. The molecule has 0 aliphatic heterocycles. The van der Waals surface area contributed by atoms with Gasteiger partial charge in [-0.3, -0.25) is 4.79 Å². The highest BCUT2D eigenvalue weighted by atomic mass is 35.5. The van der Waals surface area contributed by atoms with Crippen LogP contribution in [0.25, 0.3) is 0 Å². The summed E-state index contributed by atoms with van der Waals surface area (Å²) in [5.41, 5.74) is 0.131. The molecule has 1 aromatic carbocycles. The van der Waals surface area contributed by atoms with Gasteiger partial charge in [-0.1, -0.05) is 11.6 Å². The van der Waals surface area contributed by atoms with Crippen LogP contribution in [0.2, 0.25) is 5.02 Å². The zero-order valence-corrected chi connectivity index (χ0v) is 7.77. The largest absolute Gasteiger partial charge is 0.492 e. The first-order valence-corrected chi connectivity index (χ1v) is 4.13. The van der Waals surface area contributed by atoms with Crippen molar-refractivity contribution in [2.45, 2.75) is 6.92 Å². The van der Waals surface area contributed by atoms with Gasteiger partial charge in [-0.05, 0) is 19.1 Å². The van der Waals surface area contributed by atoms with E-state index >= 15 is 0 Å². The van der Waals surface area contributed by atoms with E-state index in [9.17, 15) is 9.18 Å². The van der Waals surface area contributed by atoms with Crippen LogP contribution in [0.5, 0.6) is 5.75 Å². The molecular formula is C9H8ClFO2. The van der Waals surface area contributed by atoms with E-state index in [0.717, 1.165) is 12.1 Å². The number of rotatable bonds is 3. The fourth-order valence-electron chi connectivity index (χ4n) is 0.964. The Hall–Kier alpha value is -1.09. The third kappa shape index (κ3) is 2.18. The summed E-state index contributed by atoms with van der Waals surface area (Å²) < 4.78 is 17.8. The molecule has 0 saturated heterocycles. The van der Waals surface area contributed by atoms with Gasteiger partial charge in [-0.2, -0.15) is 0 Å². The van der Waals surface area contributed by atoms with E-state index in [-0.39, 0.29) is 16.3 Å². The Kier molecular flexibility index (Phi) is 3.25. The summed E-state index contributed by atoms with van der Waals surface area (Å²) in [7, 11) is 0. The van der Waals surface area contributed by atoms with Gasteiger partial charge in [0.1, 0.15) is 11.6 Å². The van der Waals surface area contributed by atoms with Crippen LogP contribution in [0.3, 0.4) is 0 Å². The normalized spacial score (nSPS) is 9.77. The molecule has 0 radical (unpaired) electrons. The van der Waals surface area contributed by atoms with Crippen LogP contribution in [0.15, 0.2) is 12.1 Å². The molecule has 2 nitrogen and oxygen atoms in total. The molecule has 0 saturated carbocycles. The molecule has 0 aromatic heterocycles. The van der Waals surface area contributed by atoms with Crippen LogP contribution in [0.4, 0.5) is 4.39 Å². The van der Waals surface area contributed by atoms with E-state index in [2.05, 4.69) is 0 Å². The van der Waals surface area contributed by atoms with Gasteiger partial charge in [0.15, 0.2) is 6.29 Å². The molecule has 0 unspecified atom stereocenters. The fourth-order valence-corrected chi connectivity index (χ4v) is 1.23. The van der Waals surface area contributed by atoms with E-state index in [0.29, 0.717) is 12.9 Å². The Morgan fingerprint density at radius 1 is 1.62 bits per heavy atom. The van der Waals surface area contributed by atoms with Gasteiger partial charge < -0.3 is 4.74 Å². The summed E-state index contributed by atoms with van der Waals surface area (Å²) in [4.78, 5) is 10.5. The Balaban J connectivity index is 3.21. The second-order valence-electron chi connectivity index (χ2n) is 2.36. The highest BCUT2D eigenvalue weighted by Gasteiger charge is 2.09. The Morgan fingerprint density at radius 3 is 2.85 bits per heavy atom. The van der Waals surface area contributed by atoms with Gasteiger partial charge in [-0.15, -0.1) is 0 Å². The molecule has 0 aliphatic rings. The summed E-state index contributed by atoms with van der Waals surface area (Å²) in [5.74, 6) is -0.309. The summed E-state index contributed by atoms with van der Waals surface area (Å²) in [6, 6.07) is 2.20. The quantitative estimate of drug-likeness (QED) is 0.705. The average Bonchev–Trinajstić information content (AvgIpc) is 2.09. The Labute approximate surface area is 80.3 Å². The molecule has 1 rings (SSSR count). The molecule has 0 N–H and O–H groups in total. The summed E-state index contributed by atoms with van der Waals surface area (Å²) in [5, 5.41) is 0.115. The molecule has 70 valence electrons. The standard InChI is InChI=1S/C9H8ClFO2/c1-2-13-9-6(5-12)3-7(11)4-8(9)10/h3-5H,2H2,1H3. The van der Waals surface area contributed by atoms with Crippen LogP contribution in [-0.4, -0.2) is 12.9 Å². The van der Waals surface area contributed by atoms with Gasteiger partial charge in [-0.25, -0.2) is 4.39 Å². The van der Waals surface area contributed by atoms with Crippen molar-refractivity contribution in [1.29, 1.82) is 0 Å². The zero-order valence-electron chi connectivity index (χ0n) is 7.01. The summed E-state index contributed by atoms with van der Waals surface area (Å²) in [6.45, 7) is 2.14. The van der Waals surface area contributed by atoms with Crippen molar-refractivity contribution >= 4 is 17.9 Å². The molecule has 0 atom stereocenters. The number of carbonyl (C=O) groups excluding carboxylic acids is 1. The van der Waals surface area contributed by atoms with Crippen molar-refractivity contribution in [3.8, 4) is 5.75 Å². The van der Waals surface area contributed by atoms with Crippen LogP contribution < -0.4 is 4.74 Å². The SMILES string of the molecule is CCOc1c(Cl)cc(F)cc1C=O. The molecule has 13 heavy (non-hydrogen) atoms. The number of benzene rings is 1. The summed E-state index contributed by atoms with van der Waals surface area (Å²) in [6.07, 6.45) is 0.514. The summed E-state index contributed by atoms with van der Waals surface area (Å²) >= 11 is 5.67. The lowest BCUT2D eigenvalue weighted by atomic mass is 10.2. The van der Waals surface area contributed by atoms with Gasteiger partial charge in [0.2, 0.25) is 0 Å². The van der Waals surface area contributed by atoms with E-state index in [1.807, 2.05) is 0 Å². The van der Waals surface area contributed by atoms with Crippen molar-refractivity contribution in [1.82, 2.24) is 0 Å². The molecule has 0 heterocycles. The number of halogens is 2. The van der Waals surface area contributed by atoms with Crippen LogP contribution in [-0.2, 0) is 0 Å². The second kappa shape index (κ2) is 4.23. The molecule has 0 bridgehead atoms.